The van der Waals surface area contributed by atoms with Gasteiger partial charge in [-0.05, 0) is 100 Å². The average Bonchev–Trinajstić information content (AvgIpc) is 3.03. The third-order valence-electron chi connectivity index (χ3n) is 10.7. The molecule has 37 heavy (non-hydrogen) atoms. The highest BCUT2D eigenvalue weighted by molar-refractivity contribution is 7.46. The van der Waals surface area contributed by atoms with E-state index in [2.05, 4.69) is 0 Å². The summed E-state index contributed by atoms with van der Waals surface area (Å²) in [4.78, 5) is 32.5. The normalized spacial score (nSPS) is 43.9. The minimum absolute atomic E-state index is 0.0955. The van der Waals surface area contributed by atoms with Crippen molar-refractivity contribution >= 4 is 13.6 Å². The summed E-state index contributed by atoms with van der Waals surface area (Å²) < 4.78 is 17.1. The highest BCUT2D eigenvalue weighted by Gasteiger charge is 2.67. The van der Waals surface area contributed by atoms with Crippen LogP contribution in [0.25, 0.3) is 0 Å². The van der Waals surface area contributed by atoms with Crippen LogP contribution in [0.15, 0.2) is 11.6 Å². The van der Waals surface area contributed by atoms with Crippen molar-refractivity contribution in [2.75, 3.05) is 0 Å². The zero-order valence-electron chi connectivity index (χ0n) is 22.6. The number of phosphoric ester groups is 1. The molecule has 3 saturated carbocycles. The number of fused-ring (bicyclic) bond motifs is 5. The molecular weight excluding hydrogens is 499 g/mol. The fraction of sp³-hybridized carbons (Fsp3) is 0.889. The molecule has 0 spiro atoms. The van der Waals surface area contributed by atoms with Crippen molar-refractivity contribution in [2.45, 2.75) is 115 Å². The largest absolute Gasteiger partial charge is 0.469 e. The number of aliphatic hydroxyl groups is 4. The molecule has 0 aromatic rings. The van der Waals surface area contributed by atoms with Crippen molar-refractivity contribution in [1.29, 1.82) is 0 Å². The summed E-state index contributed by atoms with van der Waals surface area (Å²) in [6, 6.07) is 0. The molecule has 0 aromatic heterocycles. The van der Waals surface area contributed by atoms with Crippen LogP contribution < -0.4 is 0 Å². The van der Waals surface area contributed by atoms with E-state index in [9.17, 15) is 39.6 Å². The summed E-state index contributed by atoms with van der Waals surface area (Å²) >= 11 is 0. The second-order valence-corrected chi connectivity index (χ2v) is 14.7. The van der Waals surface area contributed by atoms with Crippen LogP contribution in [0.4, 0.5) is 0 Å². The number of carbonyl (C=O) groups is 1. The maximum Gasteiger partial charge on any atom is 0.469 e. The Morgan fingerprint density at radius 1 is 1.14 bits per heavy atom. The molecule has 4 rings (SSSR count). The molecule has 0 saturated heterocycles. The molecule has 0 amide bonds. The number of aliphatic hydroxyl groups excluding tert-OH is 2. The predicted molar refractivity (Wildman–Crippen MR) is 136 cm³/mol. The van der Waals surface area contributed by atoms with Gasteiger partial charge in [0.2, 0.25) is 0 Å². The zero-order chi connectivity index (χ0) is 27.8. The maximum absolute atomic E-state index is 13.3. The van der Waals surface area contributed by atoms with Crippen molar-refractivity contribution in [3.05, 3.63) is 11.6 Å². The molecule has 9 nitrogen and oxygen atoms in total. The van der Waals surface area contributed by atoms with Crippen LogP contribution in [0.5, 0.6) is 0 Å². The molecule has 6 N–H and O–H groups in total. The van der Waals surface area contributed by atoms with Crippen LogP contribution in [-0.4, -0.2) is 65.5 Å². The smallest absolute Gasteiger partial charge is 0.390 e. The van der Waals surface area contributed by atoms with Crippen molar-refractivity contribution in [3.8, 4) is 0 Å². The van der Waals surface area contributed by atoms with E-state index in [0.29, 0.717) is 44.1 Å². The lowest BCUT2D eigenvalue weighted by atomic mass is 9.46. The second-order valence-electron chi connectivity index (χ2n) is 13.5. The molecule has 0 bridgehead atoms. The molecule has 0 radical (unpaired) electrons. The van der Waals surface area contributed by atoms with Gasteiger partial charge in [0, 0.05) is 11.3 Å². The Kier molecular flexibility index (Phi) is 7.52. The van der Waals surface area contributed by atoms with Gasteiger partial charge in [0.25, 0.3) is 0 Å². The van der Waals surface area contributed by atoms with E-state index in [1.165, 1.54) is 0 Å². The summed E-state index contributed by atoms with van der Waals surface area (Å²) in [5, 5.41) is 43.3. The fourth-order valence-electron chi connectivity index (χ4n) is 8.60. The van der Waals surface area contributed by atoms with Gasteiger partial charge in [-0.25, -0.2) is 4.57 Å². The predicted octanol–water partition coefficient (Wildman–Crippen LogP) is 2.86. The Hall–Kier alpha value is -0.640. The third kappa shape index (κ3) is 5.04. The van der Waals surface area contributed by atoms with E-state index < -0.39 is 54.1 Å². The number of ketones is 1. The van der Waals surface area contributed by atoms with Crippen LogP contribution in [0.1, 0.15) is 86.0 Å². The van der Waals surface area contributed by atoms with Crippen LogP contribution >= 0.6 is 7.82 Å². The first-order valence-corrected chi connectivity index (χ1v) is 15.2. The monoisotopic (exact) mass is 544 g/mol. The lowest BCUT2D eigenvalue weighted by molar-refractivity contribution is -0.154. The van der Waals surface area contributed by atoms with Crippen molar-refractivity contribution < 1.29 is 44.1 Å². The summed E-state index contributed by atoms with van der Waals surface area (Å²) in [5.41, 5.74) is -2.77. The minimum atomic E-state index is -4.79. The van der Waals surface area contributed by atoms with Crippen LogP contribution in [-0.2, 0) is 13.9 Å². The molecule has 4 aliphatic carbocycles. The number of hydrogen-bond donors (Lipinski definition) is 6. The molecule has 0 heterocycles. The van der Waals surface area contributed by atoms with Crippen LogP contribution in [0, 0.1) is 34.5 Å². The Labute approximate surface area is 219 Å². The number of rotatable bonds is 7. The summed E-state index contributed by atoms with van der Waals surface area (Å²) in [5.74, 6) is -1.05. The zero-order valence-corrected chi connectivity index (χ0v) is 23.5. The topological polar surface area (TPSA) is 165 Å². The lowest BCUT2D eigenvalue weighted by Crippen LogP contribution is -2.61. The standard InChI is InChI=1S/C27H45O9P/c1-15(23(36-37(33,34)35)8-9-24(2,3)31)16-7-11-27(32)18-12-20(28)19-13-21(29)22(30)14-25(19,4)17(18)6-10-26(16,27)5/h12,15-17,19,21-23,29-32H,6-11,13-14H2,1-5H3,(H2,33,34,35). The first-order chi connectivity index (χ1) is 16.8. The molecule has 10 heteroatoms. The first kappa shape index (κ1) is 29.3. The van der Waals surface area contributed by atoms with E-state index in [1.54, 1.807) is 19.9 Å². The van der Waals surface area contributed by atoms with Gasteiger partial charge in [-0.2, -0.15) is 0 Å². The molecule has 212 valence electrons. The molecule has 4 aliphatic rings. The number of phosphoric acid groups is 1. The molecule has 3 fully saturated rings. The Morgan fingerprint density at radius 3 is 2.38 bits per heavy atom. The number of carbonyl (C=O) groups excluding carboxylic acids is 1. The summed E-state index contributed by atoms with van der Waals surface area (Å²) in [6.07, 6.45) is 2.42. The summed E-state index contributed by atoms with van der Waals surface area (Å²) in [7, 11) is -4.79. The van der Waals surface area contributed by atoms with Gasteiger partial charge < -0.3 is 30.2 Å². The second kappa shape index (κ2) is 9.48. The van der Waals surface area contributed by atoms with Gasteiger partial charge in [-0.15, -0.1) is 0 Å². The van der Waals surface area contributed by atoms with E-state index in [-0.39, 0.29) is 36.4 Å². The van der Waals surface area contributed by atoms with Gasteiger partial charge in [0.1, 0.15) is 0 Å². The fourth-order valence-corrected chi connectivity index (χ4v) is 9.25. The van der Waals surface area contributed by atoms with Gasteiger partial charge in [-0.3, -0.25) is 9.32 Å². The number of allylic oxidation sites excluding steroid dienone is 1. The number of hydrogen-bond acceptors (Lipinski definition) is 7. The van der Waals surface area contributed by atoms with E-state index in [4.69, 9.17) is 4.52 Å². The van der Waals surface area contributed by atoms with Gasteiger partial charge >= 0.3 is 7.82 Å². The van der Waals surface area contributed by atoms with Gasteiger partial charge in [0.15, 0.2) is 5.78 Å². The lowest BCUT2D eigenvalue weighted by Gasteiger charge is -2.60. The molecule has 10 atom stereocenters. The first-order valence-electron chi connectivity index (χ1n) is 13.6. The average molecular weight is 545 g/mol. The van der Waals surface area contributed by atoms with Crippen molar-refractivity contribution in [3.63, 3.8) is 0 Å². The molecule has 10 unspecified atom stereocenters. The van der Waals surface area contributed by atoms with Crippen LogP contribution in [0.2, 0.25) is 0 Å². The van der Waals surface area contributed by atoms with Crippen molar-refractivity contribution in [1.82, 2.24) is 0 Å². The van der Waals surface area contributed by atoms with Gasteiger partial charge in [-0.1, -0.05) is 20.8 Å². The van der Waals surface area contributed by atoms with Gasteiger partial charge in [0.05, 0.1) is 29.5 Å². The third-order valence-corrected chi connectivity index (χ3v) is 11.3. The minimum Gasteiger partial charge on any atom is -0.390 e. The molecular formula is C27H45O9P. The van der Waals surface area contributed by atoms with E-state index >= 15 is 0 Å². The van der Waals surface area contributed by atoms with Crippen molar-refractivity contribution in [2.24, 2.45) is 34.5 Å². The van der Waals surface area contributed by atoms with E-state index in [1.807, 2.05) is 20.8 Å². The Balaban J connectivity index is 1.66. The maximum atomic E-state index is 13.3. The highest BCUT2D eigenvalue weighted by Crippen LogP contribution is 2.68. The molecule has 0 aromatic carbocycles. The SMILES string of the molecule is CC(C(CCC(C)(C)O)OP(=O)(O)O)C1CCC2(O)C3=CC(=O)C4CC(O)C(O)CC4(C)C3CCC12C. The Morgan fingerprint density at radius 2 is 1.78 bits per heavy atom. The molecule has 0 aliphatic heterocycles. The quantitative estimate of drug-likeness (QED) is 0.264. The highest BCUT2D eigenvalue weighted by atomic mass is 31.2. The van der Waals surface area contributed by atoms with E-state index in [0.717, 1.165) is 0 Å². The van der Waals surface area contributed by atoms with Crippen LogP contribution in [0.3, 0.4) is 0 Å². The summed E-state index contributed by atoms with van der Waals surface area (Å²) in [6.45, 7) is 9.20. The Bertz CT molecular complexity index is 985.